The molecule has 0 radical (unpaired) electrons. The molecule has 1 unspecified atom stereocenters. The van der Waals surface area contributed by atoms with Crippen LogP contribution in [0.1, 0.15) is 26.7 Å². The minimum atomic E-state index is 0.429. The second-order valence-electron chi connectivity index (χ2n) is 5.73. The van der Waals surface area contributed by atoms with E-state index in [4.69, 9.17) is 5.73 Å². The Bertz CT molecular complexity index is 407. The van der Waals surface area contributed by atoms with Gasteiger partial charge in [0, 0.05) is 38.8 Å². The highest BCUT2D eigenvalue weighted by Gasteiger charge is 2.24. The Morgan fingerprint density at radius 1 is 1.47 bits per heavy atom. The Labute approximate surface area is 115 Å². The number of hydrogen-bond donors (Lipinski definition) is 1. The van der Waals surface area contributed by atoms with E-state index in [1.54, 1.807) is 6.33 Å². The van der Waals surface area contributed by atoms with Crippen LogP contribution in [-0.4, -0.2) is 42.7 Å². The van der Waals surface area contributed by atoms with Crippen LogP contribution in [0.3, 0.4) is 0 Å². The Hall–Kier alpha value is -1.36. The summed E-state index contributed by atoms with van der Waals surface area (Å²) in [6.07, 6.45) is 4.02. The smallest absolute Gasteiger partial charge is 0.134 e. The highest BCUT2D eigenvalue weighted by atomic mass is 15.3. The summed E-state index contributed by atoms with van der Waals surface area (Å²) in [5.74, 6) is 2.61. The lowest BCUT2D eigenvalue weighted by atomic mass is 10.2. The van der Waals surface area contributed by atoms with Gasteiger partial charge in [-0.2, -0.15) is 0 Å². The fourth-order valence-corrected chi connectivity index (χ4v) is 2.73. The summed E-state index contributed by atoms with van der Waals surface area (Å²) in [7, 11) is 2.08. The Morgan fingerprint density at radius 2 is 2.26 bits per heavy atom. The van der Waals surface area contributed by atoms with E-state index in [0.29, 0.717) is 18.5 Å². The fourth-order valence-electron chi connectivity index (χ4n) is 2.73. The van der Waals surface area contributed by atoms with Gasteiger partial charge in [-0.1, -0.05) is 13.8 Å². The molecule has 5 nitrogen and oxygen atoms in total. The molecule has 1 aliphatic heterocycles. The molecule has 0 aliphatic carbocycles. The summed E-state index contributed by atoms with van der Waals surface area (Å²) in [5.41, 5.74) is 5.83. The summed E-state index contributed by atoms with van der Waals surface area (Å²) in [6.45, 7) is 7.16. The molecule has 1 fully saturated rings. The van der Waals surface area contributed by atoms with E-state index >= 15 is 0 Å². The molecule has 0 amide bonds. The standard InChI is InChI=1S/C14H25N5/c1-11(2)9-18(3)13-7-14(17-10-16-13)19-6-4-5-12(19)8-15/h7,10-12H,4-6,8-9,15H2,1-3H3. The van der Waals surface area contributed by atoms with Gasteiger partial charge in [0.1, 0.15) is 18.0 Å². The molecule has 1 aliphatic rings. The van der Waals surface area contributed by atoms with Crippen molar-refractivity contribution >= 4 is 11.6 Å². The molecular formula is C14H25N5. The van der Waals surface area contributed by atoms with Gasteiger partial charge in [0.05, 0.1) is 0 Å². The van der Waals surface area contributed by atoms with Gasteiger partial charge in [-0.25, -0.2) is 9.97 Å². The van der Waals surface area contributed by atoms with Crippen LogP contribution in [0.2, 0.25) is 0 Å². The van der Waals surface area contributed by atoms with Crippen LogP contribution in [0, 0.1) is 5.92 Å². The van der Waals surface area contributed by atoms with E-state index in [1.807, 2.05) is 0 Å². The maximum Gasteiger partial charge on any atom is 0.134 e. The zero-order valence-corrected chi connectivity index (χ0v) is 12.2. The van der Waals surface area contributed by atoms with E-state index in [0.717, 1.165) is 31.1 Å². The van der Waals surface area contributed by atoms with Crippen molar-refractivity contribution < 1.29 is 0 Å². The lowest BCUT2D eigenvalue weighted by Gasteiger charge is -2.26. The van der Waals surface area contributed by atoms with Crippen molar-refractivity contribution in [1.82, 2.24) is 9.97 Å². The van der Waals surface area contributed by atoms with Gasteiger partial charge >= 0.3 is 0 Å². The normalized spacial score (nSPS) is 19.2. The third kappa shape index (κ3) is 3.35. The monoisotopic (exact) mass is 263 g/mol. The molecule has 0 aromatic carbocycles. The highest BCUT2D eigenvalue weighted by Crippen LogP contribution is 2.25. The van der Waals surface area contributed by atoms with E-state index in [1.165, 1.54) is 6.42 Å². The predicted molar refractivity (Wildman–Crippen MR) is 79.6 cm³/mol. The molecule has 5 heteroatoms. The first-order valence-electron chi connectivity index (χ1n) is 7.11. The molecule has 1 aromatic heterocycles. The first-order valence-corrected chi connectivity index (χ1v) is 7.11. The Kier molecular flexibility index (Phi) is 4.58. The van der Waals surface area contributed by atoms with E-state index < -0.39 is 0 Å². The number of nitrogens with zero attached hydrogens (tertiary/aromatic N) is 4. The third-order valence-corrected chi connectivity index (χ3v) is 3.61. The molecule has 19 heavy (non-hydrogen) atoms. The molecule has 1 aromatic rings. The predicted octanol–water partition coefficient (Wildman–Crippen LogP) is 1.50. The number of anilines is 2. The van der Waals surface area contributed by atoms with E-state index in [2.05, 4.69) is 46.7 Å². The third-order valence-electron chi connectivity index (χ3n) is 3.61. The SMILES string of the molecule is CC(C)CN(C)c1cc(N2CCCC2CN)ncn1. The van der Waals surface area contributed by atoms with Gasteiger partial charge in [-0.3, -0.25) is 0 Å². The maximum absolute atomic E-state index is 5.83. The molecule has 2 rings (SSSR count). The molecule has 0 spiro atoms. The number of nitrogens with two attached hydrogens (primary N) is 1. The molecule has 2 heterocycles. The molecule has 1 saturated heterocycles. The van der Waals surface area contributed by atoms with Gasteiger partial charge in [0.25, 0.3) is 0 Å². The first-order chi connectivity index (χ1) is 9.11. The van der Waals surface area contributed by atoms with Crippen molar-refractivity contribution in [2.45, 2.75) is 32.7 Å². The molecule has 1 atom stereocenters. The summed E-state index contributed by atoms with van der Waals surface area (Å²) in [4.78, 5) is 13.3. The van der Waals surface area contributed by atoms with Gasteiger partial charge in [-0.15, -0.1) is 0 Å². The van der Waals surface area contributed by atoms with Crippen LogP contribution in [0.25, 0.3) is 0 Å². The zero-order chi connectivity index (χ0) is 13.8. The minimum Gasteiger partial charge on any atom is -0.359 e. The van der Waals surface area contributed by atoms with Crippen LogP contribution < -0.4 is 15.5 Å². The number of aromatic nitrogens is 2. The first kappa shape index (κ1) is 14.1. The minimum absolute atomic E-state index is 0.429. The van der Waals surface area contributed by atoms with Crippen molar-refractivity contribution in [2.75, 3.05) is 36.5 Å². The largest absolute Gasteiger partial charge is 0.359 e. The van der Waals surface area contributed by atoms with Crippen LogP contribution in [-0.2, 0) is 0 Å². The van der Waals surface area contributed by atoms with Crippen LogP contribution in [0.5, 0.6) is 0 Å². The van der Waals surface area contributed by atoms with E-state index in [-0.39, 0.29) is 0 Å². The lowest BCUT2D eigenvalue weighted by molar-refractivity contribution is 0.633. The van der Waals surface area contributed by atoms with Gasteiger partial charge in [-0.05, 0) is 18.8 Å². The summed E-state index contributed by atoms with van der Waals surface area (Å²) in [5, 5.41) is 0. The average Bonchev–Trinajstić information content (AvgIpc) is 2.86. The zero-order valence-electron chi connectivity index (χ0n) is 12.2. The number of hydrogen-bond acceptors (Lipinski definition) is 5. The Balaban J connectivity index is 2.14. The van der Waals surface area contributed by atoms with Gasteiger partial charge in [0.15, 0.2) is 0 Å². The quantitative estimate of drug-likeness (QED) is 0.872. The van der Waals surface area contributed by atoms with Crippen molar-refractivity contribution in [3.8, 4) is 0 Å². The molecular weight excluding hydrogens is 238 g/mol. The van der Waals surface area contributed by atoms with Crippen LogP contribution >= 0.6 is 0 Å². The topological polar surface area (TPSA) is 58.3 Å². The summed E-state index contributed by atoms with van der Waals surface area (Å²) in [6, 6.07) is 2.51. The van der Waals surface area contributed by atoms with Crippen molar-refractivity contribution in [1.29, 1.82) is 0 Å². The molecule has 0 bridgehead atoms. The van der Waals surface area contributed by atoms with Crippen LogP contribution in [0.4, 0.5) is 11.6 Å². The number of rotatable bonds is 5. The summed E-state index contributed by atoms with van der Waals surface area (Å²) >= 11 is 0. The average molecular weight is 263 g/mol. The maximum atomic E-state index is 5.83. The van der Waals surface area contributed by atoms with Gasteiger partial charge < -0.3 is 15.5 Å². The fraction of sp³-hybridized carbons (Fsp3) is 0.714. The second-order valence-corrected chi connectivity index (χ2v) is 5.73. The Morgan fingerprint density at radius 3 is 2.95 bits per heavy atom. The summed E-state index contributed by atoms with van der Waals surface area (Å²) < 4.78 is 0. The molecule has 106 valence electrons. The van der Waals surface area contributed by atoms with E-state index in [9.17, 15) is 0 Å². The lowest BCUT2D eigenvalue weighted by Crippen LogP contribution is -2.36. The van der Waals surface area contributed by atoms with Crippen LogP contribution in [0.15, 0.2) is 12.4 Å². The highest BCUT2D eigenvalue weighted by molar-refractivity contribution is 5.51. The van der Waals surface area contributed by atoms with Crippen molar-refractivity contribution in [3.63, 3.8) is 0 Å². The second kappa shape index (κ2) is 6.19. The van der Waals surface area contributed by atoms with Crippen molar-refractivity contribution in [2.24, 2.45) is 11.7 Å². The van der Waals surface area contributed by atoms with Crippen molar-refractivity contribution in [3.05, 3.63) is 12.4 Å². The molecule has 0 saturated carbocycles. The van der Waals surface area contributed by atoms with Gasteiger partial charge in [0.2, 0.25) is 0 Å². The molecule has 2 N–H and O–H groups in total.